The van der Waals surface area contributed by atoms with Crippen LogP contribution in [-0.2, 0) is 9.47 Å². The first-order chi connectivity index (χ1) is 14.2. The number of nitrogens with zero attached hydrogens (tertiary/aromatic N) is 3. The molecule has 0 aliphatic carbocycles. The lowest BCUT2D eigenvalue weighted by Crippen LogP contribution is -2.38. The predicted molar refractivity (Wildman–Crippen MR) is 105 cm³/mol. The van der Waals surface area contributed by atoms with E-state index >= 15 is 0 Å². The van der Waals surface area contributed by atoms with Gasteiger partial charge in [-0.2, -0.15) is 5.10 Å². The molecule has 8 heteroatoms. The molecule has 150 valence electrons. The molecule has 0 saturated carbocycles. The molecule has 1 aromatic carbocycles. The summed E-state index contributed by atoms with van der Waals surface area (Å²) in [5.41, 5.74) is 3.79. The van der Waals surface area contributed by atoms with Crippen LogP contribution in [0.2, 0.25) is 0 Å². The van der Waals surface area contributed by atoms with Crippen LogP contribution in [-0.4, -0.2) is 60.2 Å². The maximum atomic E-state index is 13.2. The molecule has 1 amide bonds. The fraction of sp³-hybridized carbons (Fsp3) is 0.286. The second-order valence-corrected chi connectivity index (χ2v) is 6.64. The Kier molecular flexibility index (Phi) is 5.28. The summed E-state index contributed by atoms with van der Waals surface area (Å²) in [7, 11) is 4.73. The Bertz CT molecular complexity index is 984. The minimum absolute atomic E-state index is 0.153. The second kappa shape index (κ2) is 8.02. The van der Waals surface area contributed by atoms with Gasteiger partial charge in [-0.1, -0.05) is 6.07 Å². The third-order valence-electron chi connectivity index (χ3n) is 5.10. The first kappa shape index (κ1) is 19.1. The van der Waals surface area contributed by atoms with Gasteiger partial charge in [0.05, 0.1) is 25.4 Å². The monoisotopic (exact) mass is 394 g/mol. The number of nitrogens with one attached hydrogen (secondary N) is 1. The molecule has 0 radical (unpaired) electrons. The molecule has 0 fully saturated rings. The van der Waals surface area contributed by atoms with Crippen LogP contribution in [0.4, 0.5) is 0 Å². The van der Waals surface area contributed by atoms with Gasteiger partial charge < -0.3 is 19.1 Å². The highest BCUT2D eigenvalue weighted by atomic mass is 16.7. The van der Waals surface area contributed by atoms with Gasteiger partial charge in [-0.25, -0.2) is 0 Å². The minimum Gasteiger partial charge on any atom is -0.497 e. The number of pyridine rings is 1. The number of methoxy groups -OCH3 is 3. The van der Waals surface area contributed by atoms with Gasteiger partial charge in [0.25, 0.3) is 5.91 Å². The van der Waals surface area contributed by atoms with Gasteiger partial charge in [0.2, 0.25) is 0 Å². The van der Waals surface area contributed by atoms with Crippen molar-refractivity contribution < 1.29 is 19.0 Å². The predicted octanol–water partition coefficient (Wildman–Crippen LogP) is 2.64. The average Bonchev–Trinajstić information content (AvgIpc) is 3.31. The molecule has 1 aliphatic heterocycles. The molecule has 0 saturated heterocycles. The number of rotatable bonds is 7. The van der Waals surface area contributed by atoms with Gasteiger partial charge in [0.15, 0.2) is 6.29 Å². The molecular weight excluding hydrogens is 372 g/mol. The Morgan fingerprint density at radius 1 is 1.14 bits per heavy atom. The number of carbonyl (C=O) groups excluding carboxylic acids is 1. The zero-order valence-corrected chi connectivity index (χ0v) is 16.5. The van der Waals surface area contributed by atoms with Crippen LogP contribution in [0.5, 0.6) is 5.75 Å². The molecule has 4 rings (SSSR count). The smallest absolute Gasteiger partial charge is 0.273 e. The van der Waals surface area contributed by atoms with Crippen molar-refractivity contribution in [2.24, 2.45) is 0 Å². The van der Waals surface area contributed by atoms with E-state index in [1.54, 1.807) is 38.6 Å². The van der Waals surface area contributed by atoms with E-state index in [0.29, 0.717) is 5.69 Å². The Balaban J connectivity index is 1.81. The highest BCUT2D eigenvalue weighted by Crippen LogP contribution is 2.42. The Hall–Kier alpha value is -3.23. The summed E-state index contributed by atoms with van der Waals surface area (Å²) in [4.78, 5) is 19.2. The number of amides is 1. The van der Waals surface area contributed by atoms with Crippen molar-refractivity contribution >= 4 is 5.91 Å². The second-order valence-electron chi connectivity index (χ2n) is 6.64. The van der Waals surface area contributed by atoms with Crippen molar-refractivity contribution in [3.63, 3.8) is 0 Å². The van der Waals surface area contributed by atoms with Crippen molar-refractivity contribution in [2.75, 3.05) is 27.9 Å². The lowest BCUT2D eigenvalue weighted by molar-refractivity contribution is -0.113. The summed E-state index contributed by atoms with van der Waals surface area (Å²) in [5.74, 6) is 0.602. The van der Waals surface area contributed by atoms with Crippen molar-refractivity contribution in [1.82, 2.24) is 20.1 Å². The molecule has 8 nitrogen and oxygen atoms in total. The van der Waals surface area contributed by atoms with Crippen molar-refractivity contribution in [3.8, 4) is 17.0 Å². The summed E-state index contributed by atoms with van der Waals surface area (Å²) >= 11 is 0. The van der Waals surface area contributed by atoms with Gasteiger partial charge in [0.1, 0.15) is 11.4 Å². The van der Waals surface area contributed by atoms with Crippen LogP contribution in [0.1, 0.15) is 27.7 Å². The number of carbonyl (C=O) groups is 1. The molecule has 1 unspecified atom stereocenters. The molecule has 3 aromatic rings. The van der Waals surface area contributed by atoms with Crippen LogP contribution >= 0.6 is 0 Å². The van der Waals surface area contributed by atoms with E-state index in [4.69, 9.17) is 14.2 Å². The van der Waals surface area contributed by atoms with E-state index < -0.39 is 6.29 Å². The molecule has 1 aliphatic rings. The molecule has 1 N–H and O–H groups in total. The van der Waals surface area contributed by atoms with E-state index in [9.17, 15) is 4.79 Å². The number of ether oxygens (including phenoxy) is 3. The minimum atomic E-state index is -0.542. The maximum Gasteiger partial charge on any atom is 0.273 e. The molecule has 0 bridgehead atoms. The van der Waals surface area contributed by atoms with E-state index in [-0.39, 0.29) is 18.5 Å². The summed E-state index contributed by atoms with van der Waals surface area (Å²) in [5, 5.41) is 7.37. The molecule has 1 atom stereocenters. The van der Waals surface area contributed by atoms with Crippen molar-refractivity contribution in [1.29, 1.82) is 0 Å². The van der Waals surface area contributed by atoms with Crippen molar-refractivity contribution in [2.45, 2.75) is 12.3 Å². The van der Waals surface area contributed by atoms with Crippen LogP contribution < -0.4 is 4.74 Å². The van der Waals surface area contributed by atoms with Crippen LogP contribution in [0.15, 0.2) is 48.8 Å². The zero-order chi connectivity index (χ0) is 20.4. The van der Waals surface area contributed by atoms with Gasteiger partial charge in [0, 0.05) is 37.7 Å². The topological polar surface area (TPSA) is 89.6 Å². The molecule has 3 heterocycles. The number of benzene rings is 1. The molecular formula is C21H22N4O4. The molecule has 0 spiro atoms. The van der Waals surface area contributed by atoms with Crippen LogP contribution in [0.3, 0.4) is 0 Å². The molecule has 29 heavy (non-hydrogen) atoms. The van der Waals surface area contributed by atoms with E-state index in [1.165, 1.54) is 0 Å². The summed E-state index contributed by atoms with van der Waals surface area (Å²) in [6.07, 6.45) is 2.93. The van der Waals surface area contributed by atoms with E-state index in [2.05, 4.69) is 15.2 Å². The number of hydrogen-bond donors (Lipinski definition) is 1. The third-order valence-corrected chi connectivity index (χ3v) is 5.10. The fourth-order valence-electron chi connectivity index (χ4n) is 3.64. The van der Waals surface area contributed by atoms with Crippen molar-refractivity contribution in [3.05, 3.63) is 65.6 Å². The average molecular weight is 394 g/mol. The number of hydrogen-bond acceptors (Lipinski definition) is 6. The number of H-pyrrole nitrogens is 1. The van der Waals surface area contributed by atoms with Crippen LogP contribution in [0, 0.1) is 0 Å². The first-order valence-corrected chi connectivity index (χ1v) is 9.17. The Morgan fingerprint density at radius 2 is 1.90 bits per heavy atom. The van der Waals surface area contributed by atoms with Gasteiger partial charge in [-0.3, -0.25) is 14.9 Å². The zero-order valence-electron chi connectivity index (χ0n) is 16.5. The number of aromatic amines is 1. The summed E-state index contributed by atoms with van der Waals surface area (Å²) < 4.78 is 15.9. The van der Waals surface area contributed by atoms with Crippen LogP contribution in [0.25, 0.3) is 11.3 Å². The highest BCUT2D eigenvalue weighted by molar-refractivity contribution is 6.00. The fourth-order valence-corrected chi connectivity index (χ4v) is 3.64. The lowest BCUT2D eigenvalue weighted by Gasteiger charge is -2.28. The van der Waals surface area contributed by atoms with Gasteiger partial charge in [-0.15, -0.1) is 0 Å². The standard InChI is InChI=1S/C21H22N4O4/c1-27-15-8-6-13(7-9-15)18-17-19(24-23-18)21(26)25(12-16(28-2)29-3)20(17)14-5-4-10-22-11-14/h4-11,16,20H,12H2,1-3H3,(H,23,24). The van der Waals surface area contributed by atoms with Gasteiger partial charge in [-0.05, 0) is 35.9 Å². The lowest BCUT2D eigenvalue weighted by atomic mass is 9.97. The number of aromatic nitrogens is 3. The summed E-state index contributed by atoms with van der Waals surface area (Å²) in [6, 6.07) is 11.0. The largest absolute Gasteiger partial charge is 0.497 e. The first-order valence-electron chi connectivity index (χ1n) is 9.17. The third kappa shape index (κ3) is 3.37. The van der Waals surface area contributed by atoms with E-state index in [0.717, 1.165) is 28.1 Å². The highest BCUT2D eigenvalue weighted by Gasteiger charge is 2.43. The quantitative estimate of drug-likeness (QED) is 0.620. The summed E-state index contributed by atoms with van der Waals surface area (Å²) in [6.45, 7) is 0.274. The Morgan fingerprint density at radius 3 is 2.52 bits per heavy atom. The molecule has 2 aromatic heterocycles. The van der Waals surface area contributed by atoms with E-state index in [1.807, 2.05) is 36.4 Å². The maximum absolute atomic E-state index is 13.2. The normalized spacial score (nSPS) is 15.8. The van der Waals surface area contributed by atoms with Gasteiger partial charge >= 0.3 is 0 Å². The SMILES string of the molecule is COc1ccc(-c2n[nH]c3c2C(c2cccnc2)N(CC(OC)OC)C3=O)cc1. The number of fused-ring (bicyclic) bond motifs is 1. The Labute approximate surface area is 168 Å².